The van der Waals surface area contributed by atoms with Crippen molar-refractivity contribution in [2.24, 2.45) is 16.4 Å². The summed E-state index contributed by atoms with van der Waals surface area (Å²) in [6, 6.07) is 4.87. The highest BCUT2D eigenvalue weighted by molar-refractivity contribution is 7.92. The van der Waals surface area contributed by atoms with Crippen LogP contribution in [-0.4, -0.2) is 61.5 Å². The normalized spacial score (nSPS) is 27.5. The van der Waals surface area contributed by atoms with Crippen LogP contribution in [0.4, 0.5) is 16.2 Å². The van der Waals surface area contributed by atoms with E-state index in [0.717, 1.165) is 31.9 Å². The molecule has 12 heteroatoms. The summed E-state index contributed by atoms with van der Waals surface area (Å²) in [6.45, 7) is 5.53. The molecule has 0 bridgehead atoms. The number of nitrogens with zero attached hydrogens (tertiary/aromatic N) is 2. The summed E-state index contributed by atoms with van der Waals surface area (Å²) >= 11 is 6.07. The SMILES string of the molecule is CC(C)(C)OC(=O)NC1CC2(C1)CC([N+]1=CC(C(=O)Nc3cc(Cl)cc(NS(C)(=O)=O)c3)C=N1)C2. The highest BCUT2D eigenvalue weighted by Gasteiger charge is 2.58. The van der Waals surface area contributed by atoms with Gasteiger partial charge in [-0.3, -0.25) is 9.52 Å². The Kier molecular flexibility index (Phi) is 6.60. The fourth-order valence-electron chi connectivity index (χ4n) is 4.92. The minimum absolute atomic E-state index is 0.134. The van der Waals surface area contributed by atoms with Crippen LogP contribution in [0.2, 0.25) is 5.02 Å². The molecule has 190 valence electrons. The van der Waals surface area contributed by atoms with Gasteiger partial charge in [0.05, 0.1) is 18.2 Å². The lowest BCUT2D eigenvalue weighted by molar-refractivity contribution is -0.589. The number of hydrogen-bond acceptors (Lipinski definition) is 6. The van der Waals surface area contributed by atoms with Crippen molar-refractivity contribution in [2.75, 3.05) is 16.3 Å². The number of carbonyl (C=O) groups is 2. The summed E-state index contributed by atoms with van der Waals surface area (Å²) in [4.78, 5) is 24.7. The number of alkyl carbamates (subject to hydrolysis) is 1. The van der Waals surface area contributed by atoms with Crippen LogP contribution in [0.1, 0.15) is 46.5 Å². The average Bonchev–Trinajstić information content (AvgIpc) is 3.08. The first-order chi connectivity index (χ1) is 16.2. The summed E-state index contributed by atoms with van der Waals surface area (Å²) in [6.07, 6.45) is 7.80. The van der Waals surface area contributed by atoms with Crippen molar-refractivity contribution >= 4 is 57.4 Å². The Morgan fingerprint density at radius 3 is 2.43 bits per heavy atom. The van der Waals surface area contributed by atoms with E-state index in [1.54, 1.807) is 18.5 Å². The van der Waals surface area contributed by atoms with Crippen LogP contribution in [0.25, 0.3) is 0 Å². The van der Waals surface area contributed by atoms with Gasteiger partial charge in [0.25, 0.3) is 0 Å². The number of halogens is 1. The number of benzene rings is 1. The number of carbonyl (C=O) groups excluding carboxylic acids is 2. The third-order valence-electron chi connectivity index (χ3n) is 6.24. The van der Waals surface area contributed by atoms with Gasteiger partial charge in [0.15, 0.2) is 18.2 Å². The van der Waals surface area contributed by atoms with Crippen LogP contribution in [0, 0.1) is 11.3 Å². The minimum atomic E-state index is -3.47. The molecule has 1 heterocycles. The minimum Gasteiger partial charge on any atom is -0.444 e. The second-order valence-electron chi connectivity index (χ2n) is 10.7. The van der Waals surface area contributed by atoms with Crippen molar-refractivity contribution < 1.29 is 27.4 Å². The van der Waals surface area contributed by atoms with E-state index in [1.165, 1.54) is 12.1 Å². The second-order valence-corrected chi connectivity index (χ2v) is 12.9. The molecular weight excluding hydrogens is 494 g/mol. The number of anilines is 2. The molecule has 3 aliphatic rings. The molecule has 1 atom stereocenters. The molecule has 2 fully saturated rings. The average molecular weight is 525 g/mol. The molecule has 2 amide bonds. The Morgan fingerprint density at radius 2 is 1.80 bits per heavy atom. The Bertz CT molecular complexity index is 1190. The van der Waals surface area contributed by atoms with Crippen molar-refractivity contribution in [2.45, 2.75) is 64.1 Å². The van der Waals surface area contributed by atoms with Gasteiger partial charge in [0.1, 0.15) is 5.60 Å². The van der Waals surface area contributed by atoms with Gasteiger partial charge in [-0.15, -0.1) is 0 Å². The van der Waals surface area contributed by atoms with Gasteiger partial charge < -0.3 is 15.4 Å². The standard InChI is InChI=1S/C23H30ClN5O5S/c1-22(2,3)34-21(31)27-18-8-23(9-18)10-19(11-23)29-13-14(12-25-29)20(30)26-16-5-15(24)6-17(7-16)28-35(4,32)33/h5-7,12-14,18-19,28H,8-11H2,1-4H3,(H-,26,27,30,31)/p+1. The number of hydrazone groups is 1. The summed E-state index contributed by atoms with van der Waals surface area (Å²) in [5.74, 6) is -0.831. The van der Waals surface area contributed by atoms with Gasteiger partial charge in [-0.2, -0.15) is 0 Å². The van der Waals surface area contributed by atoms with Crippen LogP contribution >= 0.6 is 11.6 Å². The fourth-order valence-corrected chi connectivity index (χ4v) is 5.71. The molecule has 1 aromatic rings. The summed E-state index contributed by atoms with van der Waals surface area (Å²) in [5.41, 5.74) is 0.356. The molecule has 2 aliphatic carbocycles. The molecular formula is C23H31ClN5O5S+. The van der Waals surface area contributed by atoms with Crippen molar-refractivity contribution in [3.63, 3.8) is 0 Å². The van der Waals surface area contributed by atoms with Gasteiger partial charge in [-0.25, -0.2) is 13.2 Å². The number of amides is 2. The molecule has 10 nitrogen and oxygen atoms in total. The van der Waals surface area contributed by atoms with E-state index < -0.39 is 21.5 Å². The third-order valence-corrected chi connectivity index (χ3v) is 7.06. The van der Waals surface area contributed by atoms with Crippen molar-refractivity contribution in [3.05, 3.63) is 23.2 Å². The Morgan fingerprint density at radius 1 is 1.14 bits per heavy atom. The van der Waals surface area contributed by atoms with E-state index in [0.29, 0.717) is 10.7 Å². The summed E-state index contributed by atoms with van der Waals surface area (Å²) < 4.78 is 32.5. The number of nitrogens with one attached hydrogen (secondary N) is 3. The molecule has 0 radical (unpaired) electrons. The zero-order chi connectivity index (χ0) is 25.6. The van der Waals surface area contributed by atoms with Crippen LogP contribution < -0.4 is 15.4 Å². The predicted molar refractivity (Wildman–Crippen MR) is 135 cm³/mol. The summed E-state index contributed by atoms with van der Waals surface area (Å²) in [5, 5.41) is 10.4. The first kappa shape index (κ1) is 25.4. The number of hydrogen-bond donors (Lipinski definition) is 3. The van der Waals surface area contributed by atoms with Crippen LogP contribution in [-0.2, 0) is 19.6 Å². The smallest absolute Gasteiger partial charge is 0.407 e. The Balaban J connectivity index is 1.27. The van der Waals surface area contributed by atoms with Crippen molar-refractivity contribution in [1.82, 2.24) is 5.32 Å². The molecule has 2 saturated carbocycles. The molecule has 35 heavy (non-hydrogen) atoms. The maximum atomic E-state index is 12.7. The molecule has 0 saturated heterocycles. The van der Waals surface area contributed by atoms with Gasteiger partial charge in [-0.1, -0.05) is 16.3 Å². The first-order valence-electron chi connectivity index (χ1n) is 11.4. The maximum absolute atomic E-state index is 12.7. The second kappa shape index (κ2) is 9.09. The van der Waals surface area contributed by atoms with Crippen LogP contribution in [0.3, 0.4) is 0 Å². The molecule has 1 aliphatic heterocycles. The predicted octanol–water partition coefficient (Wildman–Crippen LogP) is 3.18. The molecule has 1 unspecified atom stereocenters. The lowest BCUT2D eigenvalue weighted by Gasteiger charge is -2.54. The molecule has 3 N–H and O–H groups in total. The maximum Gasteiger partial charge on any atom is 0.407 e. The van der Waals surface area contributed by atoms with E-state index in [1.807, 2.05) is 25.5 Å². The molecule has 1 spiro atoms. The number of ether oxygens (including phenoxy) is 1. The van der Waals surface area contributed by atoms with E-state index in [4.69, 9.17) is 16.3 Å². The van der Waals surface area contributed by atoms with Crippen molar-refractivity contribution in [1.29, 1.82) is 0 Å². The largest absolute Gasteiger partial charge is 0.444 e. The highest BCUT2D eigenvalue weighted by Crippen LogP contribution is 2.56. The van der Waals surface area contributed by atoms with E-state index >= 15 is 0 Å². The third kappa shape index (κ3) is 6.52. The molecule has 4 rings (SSSR count). The van der Waals surface area contributed by atoms with Crippen molar-refractivity contribution in [3.8, 4) is 0 Å². The lowest BCUT2D eigenvalue weighted by atomic mass is 9.52. The topological polar surface area (TPSA) is 129 Å². The lowest BCUT2D eigenvalue weighted by Crippen LogP contribution is -2.59. The summed E-state index contributed by atoms with van der Waals surface area (Å²) in [7, 11) is -3.47. The molecule has 0 aromatic heterocycles. The first-order valence-corrected chi connectivity index (χ1v) is 13.7. The zero-order valence-corrected chi connectivity index (χ0v) is 21.7. The van der Waals surface area contributed by atoms with Gasteiger partial charge >= 0.3 is 6.09 Å². The van der Waals surface area contributed by atoms with Crippen LogP contribution in [0.15, 0.2) is 23.3 Å². The van der Waals surface area contributed by atoms with Gasteiger partial charge in [0, 0.05) is 29.6 Å². The molecule has 1 aromatic carbocycles. The Hall–Kier alpha value is -2.66. The van der Waals surface area contributed by atoms with E-state index in [2.05, 4.69) is 20.5 Å². The van der Waals surface area contributed by atoms with Gasteiger partial charge in [0.2, 0.25) is 15.9 Å². The zero-order valence-electron chi connectivity index (χ0n) is 20.2. The van der Waals surface area contributed by atoms with E-state index in [-0.39, 0.29) is 35.2 Å². The monoisotopic (exact) mass is 524 g/mol. The fraction of sp³-hybridized carbons (Fsp3) is 0.565. The number of sulfonamides is 1. The van der Waals surface area contributed by atoms with Crippen LogP contribution in [0.5, 0.6) is 0 Å². The highest BCUT2D eigenvalue weighted by atomic mass is 35.5. The Labute approximate surface area is 210 Å². The van der Waals surface area contributed by atoms with Gasteiger partial charge in [-0.05, 0) is 62.3 Å². The quantitative estimate of drug-likeness (QED) is 0.492. The number of rotatable bonds is 6. The van der Waals surface area contributed by atoms with E-state index in [9.17, 15) is 18.0 Å².